The largest absolute Gasteiger partial charge is 0.462 e. The molecule has 3 aromatic rings. The van der Waals surface area contributed by atoms with E-state index in [1.807, 2.05) is 0 Å². The van der Waals surface area contributed by atoms with Gasteiger partial charge in [-0.3, -0.25) is 4.79 Å². The molecule has 0 aliphatic heterocycles. The van der Waals surface area contributed by atoms with Gasteiger partial charge in [-0.15, -0.1) is 0 Å². The third kappa shape index (κ3) is 3.46. The Labute approximate surface area is 152 Å². The molecule has 0 unspecified atom stereocenters. The maximum atomic E-state index is 13.9. The van der Waals surface area contributed by atoms with E-state index in [4.69, 9.17) is 16.3 Å². The standard InChI is InChI=1S/C19H14ClF2NO3/c1-2-26-19(25)14-10-23(9-11-4-3-5-12(21)6-11)17-8-15(20)16(22)7-13(17)18(14)24/h3-8,10H,2,9H2,1H3. The number of aromatic nitrogens is 1. The third-order valence-corrected chi connectivity index (χ3v) is 4.15. The van der Waals surface area contributed by atoms with Gasteiger partial charge in [0.05, 0.1) is 17.1 Å². The number of halogens is 3. The summed E-state index contributed by atoms with van der Waals surface area (Å²) in [6, 6.07) is 8.19. The molecular weight excluding hydrogens is 364 g/mol. The van der Waals surface area contributed by atoms with Crippen LogP contribution in [0.4, 0.5) is 8.78 Å². The van der Waals surface area contributed by atoms with Gasteiger partial charge in [0.1, 0.15) is 17.2 Å². The number of ether oxygens (including phenoxy) is 1. The number of hydrogen-bond acceptors (Lipinski definition) is 3. The van der Waals surface area contributed by atoms with E-state index < -0.39 is 23.0 Å². The number of carbonyl (C=O) groups is 1. The maximum absolute atomic E-state index is 13.9. The monoisotopic (exact) mass is 377 g/mol. The molecule has 0 aliphatic rings. The summed E-state index contributed by atoms with van der Waals surface area (Å²) in [6.45, 7) is 1.86. The van der Waals surface area contributed by atoms with Gasteiger partial charge in [0.2, 0.25) is 5.43 Å². The van der Waals surface area contributed by atoms with Gasteiger partial charge >= 0.3 is 5.97 Å². The molecule has 0 spiro atoms. The van der Waals surface area contributed by atoms with Crippen molar-refractivity contribution in [3.63, 3.8) is 0 Å². The van der Waals surface area contributed by atoms with Gasteiger partial charge in [0, 0.05) is 18.1 Å². The minimum atomic E-state index is -0.803. The summed E-state index contributed by atoms with van der Waals surface area (Å²) in [5, 5.41) is -0.164. The van der Waals surface area contributed by atoms with E-state index in [-0.39, 0.29) is 29.1 Å². The van der Waals surface area contributed by atoms with E-state index >= 15 is 0 Å². The Hall–Kier alpha value is -2.73. The minimum Gasteiger partial charge on any atom is -0.462 e. The minimum absolute atomic E-state index is 0.00569. The van der Waals surface area contributed by atoms with Crippen LogP contribution >= 0.6 is 11.6 Å². The number of benzene rings is 2. The maximum Gasteiger partial charge on any atom is 0.343 e. The van der Waals surface area contributed by atoms with Crippen LogP contribution in [-0.4, -0.2) is 17.1 Å². The fourth-order valence-corrected chi connectivity index (χ4v) is 2.86. The predicted molar refractivity (Wildman–Crippen MR) is 94.6 cm³/mol. The number of hydrogen-bond donors (Lipinski definition) is 0. The van der Waals surface area contributed by atoms with Crippen LogP contribution in [0.25, 0.3) is 10.9 Å². The first-order valence-electron chi connectivity index (χ1n) is 7.84. The molecule has 0 saturated carbocycles. The molecule has 2 aromatic carbocycles. The lowest BCUT2D eigenvalue weighted by Crippen LogP contribution is -2.21. The van der Waals surface area contributed by atoms with Crippen molar-refractivity contribution >= 4 is 28.5 Å². The number of carbonyl (C=O) groups excluding carboxylic acids is 1. The number of fused-ring (bicyclic) bond motifs is 1. The van der Waals surface area contributed by atoms with Crippen molar-refractivity contribution in [2.75, 3.05) is 6.61 Å². The summed E-state index contributed by atoms with van der Waals surface area (Å²) in [6.07, 6.45) is 1.32. The SMILES string of the molecule is CCOC(=O)c1cn(Cc2cccc(F)c2)c2cc(Cl)c(F)cc2c1=O. The first-order valence-corrected chi connectivity index (χ1v) is 8.22. The number of nitrogens with zero attached hydrogens (tertiary/aromatic N) is 1. The average molecular weight is 378 g/mol. The summed E-state index contributed by atoms with van der Waals surface area (Å²) in [7, 11) is 0. The Morgan fingerprint density at radius 2 is 2.00 bits per heavy atom. The highest BCUT2D eigenvalue weighted by Gasteiger charge is 2.18. The van der Waals surface area contributed by atoms with Gasteiger partial charge < -0.3 is 9.30 Å². The average Bonchev–Trinajstić information content (AvgIpc) is 2.59. The highest BCUT2D eigenvalue weighted by Crippen LogP contribution is 2.23. The first kappa shape index (κ1) is 18.1. The van der Waals surface area contributed by atoms with Gasteiger partial charge in [-0.1, -0.05) is 23.7 Å². The molecule has 4 nitrogen and oxygen atoms in total. The summed E-state index contributed by atoms with van der Waals surface area (Å²) in [5.41, 5.74) is 0.0610. The van der Waals surface area contributed by atoms with Crippen LogP contribution in [-0.2, 0) is 11.3 Å². The Morgan fingerprint density at radius 1 is 1.23 bits per heavy atom. The summed E-state index contributed by atoms with van der Waals surface area (Å²) < 4.78 is 33.8. The van der Waals surface area contributed by atoms with E-state index in [0.29, 0.717) is 11.1 Å². The van der Waals surface area contributed by atoms with Crippen LogP contribution in [0.2, 0.25) is 5.02 Å². The highest BCUT2D eigenvalue weighted by atomic mass is 35.5. The topological polar surface area (TPSA) is 48.3 Å². The molecule has 0 atom stereocenters. The number of pyridine rings is 1. The van der Waals surface area contributed by atoms with Crippen molar-refractivity contribution in [1.82, 2.24) is 4.57 Å². The van der Waals surface area contributed by atoms with Crippen molar-refractivity contribution in [3.8, 4) is 0 Å². The Kier molecular flexibility index (Phi) is 5.04. The van der Waals surface area contributed by atoms with Gasteiger partial charge in [0.15, 0.2) is 0 Å². The zero-order valence-electron chi connectivity index (χ0n) is 13.8. The number of esters is 1. The third-order valence-electron chi connectivity index (χ3n) is 3.86. The molecule has 0 aliphatic carbocycles. The zero-order valence-corrected chi connectivity index (χ0v) is 14.5. The van der Waals surface area contributed by atoms with Crippen molar-refractivity contribution in [3.05, 3.63) is 80.6 Å². The summed E-state index contributed by atoms with van der Waals surface area (Å²) >= 11 is 5.85. The molecule has 0 radical (unpaired) electrons. The lowest BCUT2D eigenvalue weighted by molar-refractivity contribution is 0.0524. The highest BCUT2D eigenvalue weighted by molar-refractivity contribution is 6.31. The second-order valence-corrected chi connectivity index (χ2v) is 6.04. The fourth-order valence-electron chi connectivity index (χ4n) is 2.70. The van der Waals surface area contributed by atoms with Gasteiger partial charge in [0.25, 0.3) is 0 Å². The molecule has 1 aromatic heterocycles. The summed E-state index contributed by atoms with van der Waals surface area (Å²) in [4.78, 5) is 24.7. The molecule has 0 fully saturated rings. The van der Waals surface area contributed by atoms with Crippen molar-refractivity contribution in [2.24, 2.45) is 0 Å². The van der Waals surface area contributed by atoms with E-state index in [1.54, 1.807) is 23.6 Å². The van der Waals surface area contributed by atoms with E-state index in [0.717, 1.165) is 6.07 Å². The molecule has 0 N–H and O–H groups in total. The van der Waals surface area contributed by atoms with Crippen molar-refractivity contribution in [1.29, 1.82) is 0 Å². The number of rotatable bonds is 4. The smallest absolute Gasteiger partial charge is 0.343 e. The van der Waals surface area contributed by atoms with Crippen LogP contribution in [0.1, 0.15) is 22.8 Å². The second kappa shape index (κ2) is 7.25. The lowest BCUT2D eigenvalue weighted by atomic mass is 10.1. The molecule has 0 saturated heterocycles. The molecule has 134 valence electrons. The normalized spacial score (nSPS) is 10.9. The quantitative estimate of drug-likeness (QED) is 0.641. The predicted octanol–water partition coefficient (Wildman–Crippen LogP) is 4.16. The molecule has 0 bridgehead atoms. The lowest BCUT2D eigenvalue weighted by Gasteiger charge is -2.14. The molecule has 0 amide bonds. The zero-order chi connectivity index (χ0) is 18.8. The Bertz CT molecular complexity index is 1060. The molecular formula is C19H14ClF2NO3. The van der Waals surface area contributed by atoms with Crippen molar-refractivity contribution in [2.45, 2.75) is 13.5 Å². The van der Waals surface area contributed by atoms with Crippen LogP contribution in [0.15, 0.2) is 47.4 Å². The molecule has 7 heteroatoms. The fraction of sp³-hybridized carbons (Fsp3) is 0.158. The van der Waals surface area contributed by atoms with Gasteiger partial charge in [-0.2, -0.15) is 0 Å². The van der Waals surface area contributed by atoms with E-state index in [2.05, 4.69) is 0 Å². The van der Waals surface area contributed by atoms with Crippen LogP contribution in [0, 0.1) is 11.6 Å². The van der Waals surface area contributed by atoms with Gasteiger partial charge in [-0.05, 0) is 36.8 Å². The van der Waals surface area contributed by atoms with Crippen molar-refractivity contribution < 1.29 is 18.3 Å². The molecule has 1 heterocycles. The second-order valence-electron chi connectivity index (χ2n) is 5.63. The van der Waals surface area contributed by atoms with Crippen LogP contribution in [0.3, 0.4) is 0 Å². The van der Waals surface area contributed by atoms with E-state index in [1.165, 1.54) is 24.4 Å². The molecule has 3 rings (SSSR count). The van der Waals surface area contributed by atoms with Crippen LogP contribution in [0.5, 0.6) is 0 Å². The summed E-state index contributed by atoms with van der Waals surface area (Å²) in [5.74, 6) is -1.99. The van der Waals surface area contributed by atoms with Gasteiger partial charge in [-0.25, -0.2) is 13.6 Å². The van der Waals surface area contributed by atoms with Crippen LogP contribution < -0.4 is 5.43 Å². The molecule has 26 heavy (non-hydrogen) atoms. The van der Waals surface area contributed by atoms with E-state index in [9.17, 15) is 18.4 Å². The first-order chi connectivity index (χ1) is 12.4. The Morgan fingerprint density at radius 3 is 2.69 bits per heavy atom. The Balaban J connectivity index is 2.25.